The lowest BCUT2D eigenvalue weighted by Crippen LogP contribution is -2.36. The molecule has 1 aromatic heterocycles. The first-order valence-corrected chi connectivity index (χ1v) is 10.8. The molecular formula is C18H24N2O3S2. The molecule has 1 aromatic carbocycles. The minimum Gasteiger partial charge on any atom is -0.495 e. The Bertz CT molecular complexity index is 798. The molecule has 0 saturated carbocycles. The van der Waals surface area contributed by atoms with Crippen molar-refractivity contribution in [2.45, 2.75) is 30.7 Å². The first-order chi connectivity index (χ1) is 12.0. The Kier molecular flexibility index (Phi) is 5.78. The van der Waals surface area contributed by atoms with Crippen molar-refractivity contribution in [2.24, 2.45) is 0 Å². The molecular weight excluding hydrogens is 356 g/mol. The van der Waals surface area contributed by atoms with E-state index in [0.717, 1.165) is 18.7 Å². The van der Waals surface area contributed by atoms with Crippen LogP contribution in [0.15, 0.2) is 39.9 Å². The normalized spacial score (nSPS) is 16.9. The molecule has 1 atom stereocenters. The number of methoxy groups -OCH3 is 1. The smallest absolute Gasteiger partial charge is 0.244 e. The number of ether oxygens (including phenoxy) is 1. The summed E-state index contributed by atoms with van der Waals surface area (Å²) in [5, 5.41) is 4.14. The number of hydrogen-bond donors (Lipinski definition) is 1. The highest BCUT2D eigenvalue weighted by atomic mass is 32.2. The third-order valence-electron chi connectivity index (χ3n) is 4.58. The first-order valence-electron chi connectivity index (χ1n) is 8.42. The molecule has 7 heteroatoms. The topological polar surface area (TPSA) is 58.6 Å². The molecule has 1 aliphatic rings. The zero-order chi connectivity index (χ0) is 17.9. The Balaban J connectivity index is 1.81. The molecule has 136 valence electrons. The van der Waals surface area contributed by atoms with Gasteiger partial charge in [0, 0.05) is 12.6 Å². The molecule has 1 unspecified atom stereocenters. The van der Waals surface area contributed by atoms with Gasteiger partial charge in [0.05, 0.1) is 7.11 Å². The van der Waals surface area contributed by atoms with Crippen molar-refractivity contribution in [2.75, 3.05) is 26.7 Å². The number of thiophene rings is 1. The number of likely N-dealkylation sites (tertiary alicyclic amines) is 1. The molecule has 2 heterocycles. The van der Waals surface area contributed by atoms with Gasteiger partial charge in [-0.05, 0) is 72.9 Å². The van der Waals surface area contributed by atoms with Gasteiger partial charge in [0.15, 0.2) is 0 Å². The van der Waals surface area contributed by atoms with Crippen LogP contribution in [0.25, 0.3) is 0 Å². The summed E-state index contributed by atoms with van der Waals surface area (Å²) in [5.41, 5.74) is 2.06. The summed E-state index contributed by atoms with van der Waals surface area (Å²) in [7, 11) is -2.15. The van der Waals surface area contributed by atoms with Crippen LogP contribution in [-0.2, 0) is 10.0 Å². The fourth-order valence-electron chi connectivity index (χ4n) is 3.24. The van der Waals surface area contributed by atoms with Gasteiger partial charge >= 0.3 is 0 Å². The molecule has 2 aromatic rings. The minimum absolute atomic E-state index is 0.0688. The van der Waals surface area contributed by atoms with Crippen LogP contribution in [0.2, 0.25) is 0 Å². The minimum atomic E-state index is -3.64. The second-order valence-electron chi connectivity index (χ2n) is 6.32. The molecule has 25 heavy (non-hydrogen) atoms. The Hall–Kier alpha value is -1.41. The zero-order valence-corrected chi connectivity index (χ0v) is 16.2. The van der Waals surface area contributed by atoms with Crippen LogP contribution in [0.1, 0.15) is 30.0 Å². The molecule has 1 aliphatic heterocycles. The van der Waals surface area contributed by atoms with Gasteiger partial charge in [0.25, 0.3) is 0 Å². The second-order valence-corrected chi connectivity index (χ2v) is 8.84. The molecule has 0 amide bonds. The summed E-state index contributed by atoms with van der Waals surface area (Å²) < 4.78 is 33.7. The summed E-state index contributed by atoms with van der Waals surface area (Å²) in [5.74, 6) is 0.367. The van der Waals surface area contributed by atoms with Gasteiger partial charge in [0.1, 0.15) is 10.6 Å². The summed E-state index contributed by atoms with van der Waals surface area (Å²) >= 11 is 1.64. The van der Waals surface area contributed by atoms with Crippen LogP contribution in [0.5, 0.6) is 5.75 Å². The fourth-order valence-corrected chi connectivity index (χ4v) is 5.23. The molecule has 0 bridgehead atoms. The van der Waals surface area contributed by atoms with E-state index in [1.807, 2.05) is 18.4 Å². The molecule has 3 rings (SSSR count). The lowest BCUT2D eigenvalue weighted by atomic mass is 10.1. The summed E-state index contributed by atoms with van der Waals surface area (Å²) in [6, 6.07) is 7.34. The molecule has 1 fully saturated rings. The first kappa shape index (κ1) is 18.4. The Labute approximate surface area is 153 Å². The zero-order valence-electron chi connectivity index (χ0n) is 14.6. The van der Waals surface area contributed by atoms with Gasteiger partial charge in [-0.2, -0.15) is 11.3 Å². The predicted octanol–water partition coefficient (Wildman–Crippen LogP) is 3.18. The highest BCUT2D eigenvalue weighted by molar-refractivity contribution is 7.89. The standard InChI is InChI=1S/C18H24N2O3S2/c1-14-5-6-17(23-2)18(11-14)25(21,22)19-12-16(15-7-10-24-13-15)20-8-3-4-9-20/h5-7,10-11,13,16,19H,3-4,8-9,12H2,1-2H3. The number of benzene rings is 1. The maximum Gasteiger partial charge on any atom is 0.244 e. The summed E-state index contributed by atoms with van der Waals surface area (Å²) in [4.78, 5) is 2.55. The van der Waals surface area contributed by atoms with E-state index in [2.05, 4.69) is 21.1 Å². The van der Waals surface area contributed by atoms with Crippen molar-refractivity contribution in [3.63, 3.8) is 0 Å². The number of rotatable bonds is 7. The summed E-state index contributed by atoms with van der Waals surface area (Å²) in [6.07, 6.45) is 2.33. The van der Waals surface area contributed by atoms with Crippen LogP contribution in [0.4, 0.5) is 0 Å². The lowest BCUT2D eigenvalue weighted by molar-refractivity contribution is 0.247. The van der Waals surface area contributed by atoms with Crippen LogP contribution in [-0.4, -0.2) is 40.1 Å². The van der Waals surface area contributed by atoms with Crippen LogP contribution >= 0.6 is 11.3 Å². The van der Waals surface area contributed by atoms with Gasteiger partial charge in [0.2, 0.25) is 10.0 Å². The monoisotopic (exact) mass is 380 g/mol. The molecule has 5 nitrogen and oxygen atoms in total. The van der Waals surface area contributed by atoms with Crippen LogP contribution in [0.3, 0.4) is 0 Å². The molecule has 1 saturated heterocycles. The predicted molar refractivity (Wildman–Crippen MR) is 101 cm³/mol. The van der Waals surface area contributed by atoms with Crippen LogP contribution < -0.4 is 9.46 Å². The Morgan fingerprint density at radius 3 is 2.68 bits per heavy atom. The SMILES string of the molecule is COc1ccc(C)cc1S(=O)(=O)NCC(c1ccsc1)N1CCCC1. The van der Waals surface area contributed by atoms with E-state index in [0.29, 0.717) is 12.3 Å². The maximum absolute atomic E-state index is 12.8. The van der Waals surface area contributed by atoms with Crippen molar-refractivity contribution in [1.29, 1.82) is 0 Å². The van der Waals surface area contributed by atoms with E-state index < -0.39 is 10.0 Å². The van der Waals surface area contributed by atoms with E-state index in [9.17, 15) is 8.42 Å². The average molecular weight is 381 g/mol. The quantitative estimate of drug-likeness (QED) is 0.801. The number of hydrogen-bond acceptors (Lipinski definition) is 5. The van der Waals surface area contributed by atoms with Crippen molar-refractivity contribution in [3.8, 4) is 5.75 Å². The highest BCUT2D eigenvalue weighted by Gasteiger charge is 2.27. The van der Waals surface area contributed by atoms with Gasteiger partial charge in [-0.3, -0.25) is 4.90 Å². The molecule has 1 N–H and O–H groups in total. The molecule has 0 radical (unpaired) electrons. The lowest BCUT2D eigenvalue weighted by Gasteiger charge is -2.27. The second kappa shape index (κ2) is 7.86. The van der Waals surface area contributed by atoms with Crippen molar-refractivity contribution in [1.82, 2.24) is 9.62 Å². The molecule has 0 aliphatic carbocycles. The van der Waals surface area contributed by atoms with E-state index in [-0.39, 0.29) is 10.9 Å². The number of nitrogens with zero attached hydrogens (tertiary/aromatic N) is 1. The van der Waals surface area contributed by atoms with E-state index in [1.54, 1.807) is 23.5 Å². The Morgan fingerprint density at radius 2 is 2.04 bits per heavy atom. The van der Waals surface area contributed by atoms with Crippen molar-refractivity contribution >= 4 is 21.4 Å². The maximum atomic E-state index is 12.8. The third kappa shape index (κ3) is 4.23. The largest absolute Gasteiger partial charge is 0.495 e. The fraction of sp³-hybridized carbons (Fsp3) is 0.444. The van der Waals surface area contributed by atoms with E-state index in [4.69, 9.17) is 4.74 Å². The number of sulfonamides is 1. The summed E-state index contributed by atoms with van der Waals surface area (Å²) in [6.45, 7) is 4.25. The number of aryl methyl sites for hydroxylation is 1. The van der Waals surface area contributed by atoms with E-state index >= 15 is 0 Å². The highest BCUT2D eigenvalue weighted by Crippen LogP contribution is 2.28. The molecule has 0 spiro atoms. The van der Waals surface area contributed by atoms with Gasteiger partial charge in [-0.25, -0.2) is 13.1 Å². The number of nitrogens with one attached hydrogen (secondary N) is 1. The third-order valence-corrected chi connectivity index (χ3v) is 6.73. The van der Waals surface area contributed by atoms with Crippen LogP contribution in [0, 0.1) is 6.92 Å². The van der Waals surface area contributed by atoms with Gasteiger partial charge in [-0.1, -0.05) is 6.07 Å². The average Bonchev–Trinajstić information content (AvgIpc) is 3.29. The van der Waals surface area contributed by atoms with Crippen molar-refractivity contribution in [3.05, 3.63) is 46.2 Å². The van der Waals surface area contributed by atoms with Gasteiger partial charge < -0.3 is 4.74 Å². The van der Waals surface area contributed by atoms with Crippen molar-refractivity contribution < 1.29 is 13.2 Å². The van der Waals surface area contributed by atoms with E-state index in [1.165, 1.54) is 25.5 Å². The van der Waals surface area contributed by atoms with Gasteiger partial charge in [-0.15, -0.1) is 0 Å². The Morgan fingerprint density at radius 1 is 1.28 bits per heavy atom.